The summed E-state index contributed by atoms with van der Waals surface area (Å²) in [7, 11) is 0. The van der Waals surface area contributed by atoms with E-state index in [0.29, 0.717) is 17.9 Å². The number of hydrogen-bond acceptors (Lipinski definition) is 3. The third kappa shape index (κ3) is 4.15. The molecule has 0 spiro atoms. The lowest BCUT2D eigenvalue weighted by molar-refractivity contribution is -0.755. The van der Waals surface area contributed by atoms with Gasteiger partial charge in [0.15, 0.2) is 0 Å². The lowest BCUT2D eigenvalue weighted by atomic mass is 9.51. The van der Waals surface area contributed by atoms with E-state index in [0.717, 1.165) is 42.4 Å². The van der Waals surface area contributed by atoms with Crippen LogP contribution < -0.4 is 0 Å². The van der Waals surface area contributed by atoms with Crippen LogP contribution in [0.2, 0.25) is 0 Å². The van der Waals surface area contributed by atoms with E-state index in [1.54, 1.807) is 0 Å². The molecule has 0 amide bonds. The largest absolute Gasteiger partial charge is 0.366 e. The van der Waals surface area contributed by atoms with Crippen molar-refractivity contribution < 1.29 is 14.5 Å². The van der Waals surface area contributed by atoms with Crippen molar-refractivity contribution >= 4 is 0 Å². The SMILES string of the molecule is C#C[N+](=O)O[C@H]1CO[C@@]2(C)C(=CC[C@@H]3C2CC[C@@]2(C)C3CC[C@@H]2[C@H](C)CCCC(C)C)C1. The predicted molar refractivity (Wildman–Crippen MR) is 127 cm³/mol. The van der Waals surface area contributed by atoms with Crippen LogP contribution in [0.15, 0.2) is 11.6 Å². The first-order chi connectivity index (χ1) is 15.2. The van der Waals surface area contributed by atoms with Crippen LogP contribution in [0.4, 0.5) is 0 Å². The van der Waals surface area contributed by atoms with Gasteiger partial charge in [-0.1, -0.05) is 53.0 Å². The summed E-state index contributed by atoms with van der Waals surface area (Å²) in [6, 6.07) is 1.98. The highest BCUT2D eigenvalue weighted by Crippen LogP contribution is 2.65. The molecule has 0 N–H and O–H groups in total. The molecule has 32 heavy (non-hydrogen) atoms. The smallest absolute Gasteiger partial charge is 0.337 e. The number of nitrogens with zero attached hydrogens (tertiary/aromatic N) is 1. The second-order valence-corrected chi connectivity index (χ2v) is 12.1. The van der Waals surface area contributed by atoms with Crippen LogP contribution in [-0.4, -0.2) is 23.2 Å². The van der Waals surface area contributed by atoms with Crippen molar-refractivity contribution in [2.45, 2.75) is 104 Å². The van der Waals surface area contributed by atoms with E-state index < -0.39 is 0 Å². The molecule has 0 aromatic heterocycles. The van der Waals surface area contributed by atoms with Crippen LogP contribution in [0.25, 0.3) is 0 Å². The maximum absolute atomic E-state index is 11.5. The van der Waals surface area contributed by atoms with Crippen LogP contribution in [0.3, 0.4) is 0 Å². The number of hydrogen-bond donors (Lipinski definition) is 0. The monoisotopic (exact) mass is 442 g/mol. The molecule has 0 aromatic rings. The van der Waals surface area contributed by atoms with Crippen molar-refractivity contribution in [3.63, 3.8) is 0 Å². The van der Waals surface area contributed by atoms with Gasteiger partial charge in [0.25, 0.3) is 0 Å². The van der Waals surface area contributed by atoms with Gasteiger partial charge in [0.05, 0.1) is 17.1 Å². The summed E-state index contributed by atoms with van der Waals surface area (Å²) in [6.45, 7) is 12.6. The van der Waals surface area contributed by atoms with Crippen LogP contribution in [0.1, 0.15) is 92.4 Å². The number of rotatable bonds is 7. The Hall–Kier alpha value is -1.34. The Morgan fingerprint density at radius 2 is 2.00 bits per heavy atom. The molecule has 2 unspecified atom stereocenters. The molecule has 0 aromatic carbocycles. The number of allylic oxidation sites excluding steroid dienone is 1. The fraction of sp³-hybridized carbons (Fsp3) is 0.857. The van der Waals surface area contributed by atoms with Crippen molar-refractivity contribution in [2.24, 2.45) is 40.9 Å². The Labute approximate surface area is 195 Å². The molecule has 0 radical (unpaired) electrons. The molecule has 3 fully saturated rings. The Morgan fingerprint density at radius 1 is 1.22 bits per heavy atom. The first kappa shape index (κ1) is 23.8. The third-order valence-electron chi connectivity index (χ3n) is 9.99. The summed E-state index contributed by atoms with van der Waals surface area (Å²) >= 11 is 0. The third-order valence-corrected chi connectivity index (χ3v) is 9.99. The lowest BCUT2D eigenvalue weighted by Crippen LogP contribution is -2.56. The fourth-order valence-corrected chi connectivity index (χ4v) is 8.33. The summed E-state index contributed by atoms with van der Waals surface area (Å²) in [5.74, 6) is 4.63. The van der Waals surface area contributed by atoms with E-state index in [-0.39, 0.29) is 16.6 Å². The summed E-state index contributed by atoms with van der Waals surface area (Å²) in [5, 5.41) is 0. The molecule has 4 aliphatic rings. The predicted octanol–water partition coefficient (Wildman–Crippen LogP) is 6.69. The van der Waals surface area contributed by atoms with Crippen LogP contribution in [0.5, 0.6) is 0 Å². The second kappa shape index (κ2) is 9.13. The summed E-state index contributed by atoms with van der Waals surface area (Å²) in [6.07, 6.45) is 18.7. The zero-order valence-corrected chi connectivity index (χ0v) is 20.9. The van der Waals surface area contributed by atoms with E-state index in [9.17, 15) is 4.91 Å². The van der Waals surface area contributed by atoms with Crippen molar-refractivity contribution in [3.05, 3.63) is 16.6 Å². The van der Waals surface area contributed by atoms with Gasteiger partial charge >= 0.3 is 11.0 Å². The van der Waals surface area contributed by atoms with Gasteiger partial charge in [-0.3, -0.25) is 0 Å². The maximum Gasteiger partial charge on any atom is 0.337 e. The summed E-state index contributed by atoms with van der Waals surface area (Å²) in [4.78, 5) is 17.0. The lowest BCUT2D eigenvalue weighted by Gasteiger charge is -2.57. The highest BCUT2D eigenvalue weighted by Gasteiger charge is 2.60. The van der Waals surface area contributed by atoms with Gasteiger partial charge in [0.2, 0.25) is 6.10 Å². The van der Waals surface area contributed by atoms with E-state index >= 15 is 0 Å². The van der Waals surface area contributed by atoms with Gasteiger partial charge in [-0.25, -0.2) is 4.84 Å². The standard InChI is InChI=1S/C28H44NO3/c1-7-29(30)32-22-17-21-11-12-23-25-14-13-24(20(4)10-8-9-19(2)3)27(25,5)16-15-26(23)28(21,6)31-18-22/h1,11,19-20,22-26H,8-10,12-18H2,2-6H3/q+1/t20-,22-,23+,24-,25?,26?,27-,28+/m1/s1. The minimum atomic E-state index is -0.282. The number of ether oxygens (including phenoxy) is 1. The molecular weight excluding hydrogens is 398 g/mol. The zero-order valence-electron chi connectivity index (χ0n) is 20.9. The highest BCUT2D eigenvalue weighted by molar-refractivity contribution is 5.27. The molecule has 4 nitrogen and oxygen atoms in total. The minimum Gasteiger partial charge on any atom is -0.366 e. The Balaban J connectivity index is 1.46. The molecule has 2 saturated carbocycles. The van der Waals surface area contributed by atoms with E-state index in [1.807, 2.05) is 6.04 Å². The maximum atomic E-state index is 11.5. The van der Waals surface area contributed by atoms with Crippen LogP contribution in [-0.2, 0) is 9.57 Å². The van der Waals surface area contributed by atoms with Crippen molar-refractivity contribution in [1.29, 1.82) is 0 Å². The van der Waals surface area contributed by atoms with Crippen LogP contribution >= 0.6 is 0 Å². The Bertz CT molecular complexity index is 782. The molecule has 3 aliphatic carbocycles. The summed E-state index contributed by atoms with van der Waals surface area (Å²) in [5.41, 5.74) is 1.59. The van der Waals surface area contributed by atoms with Gasteiger partial charge in [0, 0.05) is 6.42 Å². The molecule has 4 heteroatoms. The number of terminal acetylenes is 1. The van der Waals surface area contributed by atoms with Gasteiger partial charge in [-0.15, -0.1) is 0 Å². The first-order valence-electron chi connectivity index (χ1n) is 13.1. The molecule has 1 saturated heterocycles. The molecule has 1 aliphatic heterocycles. The van der Waals surface area contributed by atoms with Gasteiger partial charge in [-0.05, 0) is 91.9 Å². The Morgan fingerprint density at radius 3 is 2.72 bits per heavy atom. The van der Waals surface area contributed by atoms with E-state index in [4.69, 9.17) is 16.0 Å². The van der Waals surface area contributed by atoms with Crippen LogP contribution in [0, 0.1) is 58.3 Å². The van der Waals surface area contributed by atoms with Crippen molar-refractivity contribution in [1.82, 2.24) is 0 Å². The average Bonchev–Trinajstić information content (AvgIpc) is 3.11. The van der Waals surface area contributed by atoms with Crippen molar-refractivity contribution in [3.8, 4) is 12.5 Å². The number of fused-ring (bicyclic) bond motifs is 5. The summed E-state index contributed by atoms with van der Waals surface area (Å²) < 4.78 is 6.50. The molecule has 0 bridgehead atoms. The van der Waals surface area contributed by atoms with Crippen molar-refractivity contribution in [2.75, 3.05) is 6.61 Å². The molecule has 178 valence electrons. The molecule has 8 atom stereocenters. The normalized spacial score (nSPS) is 41.7. The topological polar surface area (TPSA) is 38.5 Å². The second-order valence-electron chi connectivity index (χ2n) is 12.1. The minimum absolute atomic E-state index is 0.213. The van der Waals surface area contributed by atoms with E-state index in [2.05, 4.69) is 40.7 Å². The molecule has 1 heterocycles. The van der Waals surface area contributed by atoms with E-state index in [1.165, 1.54) is 50.5 Å². The molecular formula is C28H44NO3+. The van der Waals surface area contributed by atoms with Gasteiger partial charge in [-0.2, -0.15) is 0 Å². The molecule has 4 rings (SSSR count). The fourth-order valence-electron chi connectivity index (χ4n) is 8.33. The Kier molecular flexibility index (Phi) is 6.79. The quantitative estimate of drug-likeness (QED) is 0.191. The first-order valence-corrected chi connectivity index (χ1v) is 13.1. The van der Waals surface area contributed by atoms with Gasteiger partial charge < -0.3 is 4.74 Å². The average molecular weight is 443 g/mol. The highest BCUT2D eigenvalue weighted by atomic mass is 16.8. The zero-order chi connectivity index (χ0) is 23.1. The van der Waals surface area contributed by atoms with Gasteiger partial charge in [0.1, 0.15) is 0 Å².